The molecule has 0 saturated carbocycles. The zero-order valence-electron chi connectivity index (χ0n) is 15.3. The van der Waals surface area contributed by atoms with Crippen molar-refractivity contribution in [2.24, 2.45) is 0 Å². The van der Waals surface area contributed by atoms with Gasteiger partial charge in [0.25, 0.3) is 6.43 Å². The maximum atomic E-state index is 13.2. The van der Waals surface area contributed by atoms with Crippen molar-refractivity contribution in [1.82, 2.24) is 24.6 Å². The standard InChI is InChI=1S/C18H14F2N6O2S/c1-9-8-29-17(23-9)16-22-6-14(10(2)24-16)28-18(27)25-26-7-12(15(19)20)11-5-21-4-3-13(11)26/h3-8,15H,1-2H3,(H,25,27). The van der Waals surface area contributed by atoms with Crippen molar-refractivity contribution < 1.29 is 18.3 Å². The van der Waals surface area contributed by atoms with E-state index in [0.29, 0.717) is 22.0 Å². The van der Waals surface area contributed by atoms with Crippen LogP contribution in [0.4, 0.5) is 13.6 Å². The van der Waals surface area contributed by atoms with Crippen LogP contribution in [0.2, 0.25) is 0 Å². The smallest absolute Gasteiger partial charge is 0.406 e. The number of nitrogens with one attached hydrogen (secondary N) is 1. The van der Waals surface area contributed by atoms with Crippen molar-refractivity contribution in [2.75, 3.05) is 5.43 Å². The van der Waals surface area contributed by atoms with Crippen LogP contribution in [0, 0.1) is 13.8 Å². The molecule has 0 saturated heterocycles. The molecular weight excluding hydrogens is 402 g/mol. The molecule has 0 unspecified atom stereocenters. The number of rotatable bonds is 4. The van der Waals surface area contributed by atoms with Crippen LogP contribution >= 0.6 is 11.3 Å². The lowest BCUT2D eigenvalue weighted by molar-refractivity contribution is 0.153. The number of carbonyl (C=O) groups excluding carboxylic acids is 1. The van der Waals surface area contributed by atoms with Gasteiger partial charge in [0.1, 0.15) is 0 Å². The molecule has 1 N–H and O–H groups in total. The normalized spacial score (nSPS) is 11.2. The van der Waals surface area contributed by atoms with Gasteiger partial charge in [-0.15, -0.1) is 11.3 Å². The van der Waals surface area contributed by atoms with Crippen molar-refractivity contribution in [2.45, 2.75) is 20.3 Å². The first-order chi connectivity index (χ1) is 13.9. The Labute approximate surface area is 167 Å². The second-order valence-corrected chi connectivity index (χ2v) is 6.94. The van der Waals surface area contributed by atoms with Gasteiger partial charge < -0.3 is 4.74 Å². The predicted octanol–water partition coefficient (Wildman–Crippen LogP) is 4.25. The SMILES string of the molecule is Cc1csc(-c2ncc(OC(=O)Nn3cc(C(F)F)c4cnccc43)c(C)n2)n1. The lowest BCUT2D eigenvalue weighted by atomic mass is 10.2. The Morgan fingerprint density at radius 1 is 1.28 bits per heavy atom. The van der Waals surface area contributed by atoms with Crippen molar-refractivity contribution in [3.63, 3.8) is 0 Å². The van der Waals surface area contributed by atoms with Crippen molar-refractivity contribution >= 4 is 28.3 Å². The number of nitrogens with zero attached hydrogens (tertiary/aromatic N) is 5. The van der Waals surface area contributed by atoms with E-state index in [0.717, 1.165) is 11.9 Å². The molecule has 8 nitrogen and oxygen atoms in total. The van der Waals surface area contributed by atoms with Crippen LogP contribution in [-0.2, 0) is 0 Å². The molecule has 4 aromatic rings. The average Bonchev–Trinajstić information content (AvgIpc) is 3.28. The zero-order valence-corrected chi connectivity index (χ0v) is 16.1. The fourth-order valence-corrected chi connectivity index (χ4v) is 3.44. The number of thiazole rings is 1. The number of hydrogen-bond donors (Lipinski definition) is 1. The molecule has 0 bridgehead atoms. The number of fused-ring (bicyclic) bond motifs is 1. The van der Waals surface area contributed by atoms with E-state index in [1.165, 1.54) is 40.7 Å². The number of aromatic nitrogens is 5. The van der Waals surface area contributed by atoms with E-state index in [1.54, 1.807) is 6.92 Å². The third kappa shape index (κ3) is 3.76. The molecule has 0 spiro atoms. The van der Waals surface area contributed by atoms with Crippen LogP contribution in [-0.4, -0.2) is 30.7 Å². The molecule has 4 aromatic heterocycles. The summed E-state index contributed by atoms with van der Waals surface area (Å²) >= 11 is 1.41. The largest absolute Gasteiger partial charge is 0.432 e. The summed E-state index contributed by atoms with van der Waals surface area (Å²) in [4.78, 5) is 29.0. The molecule has 0 aliphatic heterocycles. The van der Waals surface area contributed by atoms with Crippen LogP contribution in [0.3, 0.4) is 0 Å². The molecule has 0 aliphatic rings. The van der Waals surface area contributed by atoms with E-state index in [2.05, 4.69) is 25.4 Å². The highest BCUT2D eigenvalue weighted by Gasteiger charge is 2.18. The van der Waals surface area contributed by atoms with Crippen LogP contribution in [0.25, 0.3) is 21.7 Å². The lowest BCUT2D eigenvalue weighted by Gasteiger charge is -2.10. The summed E-state index contributed by atoms with van der Waals surface area (Å²) in [6.45, 7) is 3.54. The van der Waals surface area contributed by atoms with Gasteiger partial charge in [-0.2, -0.15) is 0 Å². The number of amides is 1. The third-order valence-corrected chi connectivity index (χ3v) is 4.99. The van der Waals surface area contributed by atoms with Crippen LogP contribution in [0.1, 0.15) is 23.4 Å². The maximum absolute atomic E-state index is 13.2. The fraction of sp³-hybridized carbons (Fsp3) is 0.167. The first-order valence-electron chi connectivity index (χ1n) is 8.40. The number of alkyl halides is 2. The first kappa shape index (κ1) is 18.9. The Hall–Kier alpha value is -3.47. The zero-order chi connectivity index (χ0) is 20.5. The molecule has 29 heavy (non-hydrogen) atoms. The number of halogens is 2. The molecule has 0 radical (unpaired) electrons. The van der Waals surface area contributed by atoms with Gasteiger partial charge in [0.2, 0.25) is 0 Å². The van der Waals surface area contributed by atoms with Crippen molar-refractivity contribution in [1.29, 1.82) is 0 Å². The Morgan fingerprint density at radius 2 is 2.10 bits per heavy atom. The summed E-state index contributed by atoms with van der Waals surface area (Å²) in [5.41, 5.74) is 3.85. The van der Waals surface area contributed by atoms with E-state index < -0.39 is 12.5 Å². The Bertz CT molecular complexity index is 1210. The minimum atomic E-state index is -2.71. The summed E-state index contributed by atoms with van der Waals surface area (Å²) < 4.78 is 32.9. The van der Waals surface area contributed by atoms with E-state index in [4.69, 9.17) is 4.74 Å². The summed E-state index contributed by atoms with van der Waals surface area (Å²) in [7, 11) is 0. The highest BCUT2D eigenvalue weighted by molar-refractivity contribution is 7.13. The third-order valence-electron chi connectivity index (χ3n) is 4.03. The van der Waals surface area contributed by atoms with Gasteiger partial charge >= 0.3 is 6.09 Å². The van der Waals surface area contributed by atoms with Gasteiger partial charge in [0.15, 0.2) is 16.6 Å². The molecule has 1 amide bonds. The average molecular weight is 416 g/mol. The number of carbonyl (C=O) groups is 1. The van der Waals surface area contributed by atoms with Gasteiger partial charge in [0.05, 0.1) is 17.4 Å². The highest BCUT2D eigenvalue weighted by atomic mass is 32.1. The van der Waals surface area contributed by atoms with Gasteiger partial charge in [-0.25, -0.2) is 34.0 Å². The monoisotopic (exact) mass is 416 g/mol. The molecule has 4 rings (SSSR count). The quantitative estimate of drug-likeness (QED) is 0.535. The molecule has 0 aliphatic carbocycles. The molecular formula is C18H14F2N6O2S. The van der Waals surface area contributed by atoms with Crippen LogP contribution < -0.4 is 10.2 Å². The van der Waals surface area contributed by atoms with Crippen molar-refractivity contribution in [3.05, 3.63) is 53.2 Å². The fourth-order valence-electron chi connectivity index (χ4n) is 2.70. The molecule has 0 atom stereocenters. The second kappa shape index (κ2) is 7.51. The summed E-state index contributed by atoms with van der Waals surface area (Å²) in [5, 5.41) is 2.79. The van der Waals surface area contributed by atoms with Crippen molar-refractivity contribution in [3.8, 4) is 16.6 Å². The van der Waals surface area contributed by atoms with E-state index in [1.807, 2.05) is 12.3 Å². The minimum Gasteiger partial charge on any atom is -0.406 e. The molecule has 0 aromatic carbocycles. The van der Waals surface area contributed by atoms with Gasteiger partial charge in [0, 0.05) is 40.6 Å². The molecule has 11 heteroatoms. The Balaban J connectivity index is 1.54. The summed E-state index contributed by atoms with van der Waals surface area (Å²) in [5.74, 6) is 0.575. The minimum absolute atomic E-state index is 0.145. The number of pyridine rings is 1. The summed E-state index contributed by atoms with van der Waals surface area (Å²) in [6.07, 6.45) is 1.68. The van der Waals surface area contributed by atoms with Gasteiger partial charge in [-0.3, -0.25) is 9.66 Å². The highest BCUT2D eigenvalue weighted by Crippen LogP contribution is 2.28. The second-order valence-electron chi connectivity index (χ2n) is 6.09. The van der Waals surface area contributed by atoms with E-state index in [-0.39, 0.29) is 16.7 Å². The molecule has 148 valence electrons. The van der Waals surface area contributed by atoms with Gasteiger partial charge in [-0.05, 0) is 19.9 Å². The lowest BCUT2D eigenvalue weighted by Crippen LogP contribution is -2.25. The van der Waals surface area contributed by atoms with E-state index >= 15 is 0 Å². The number of ether oxygens (including phenoxy) is 1. The molecule has 4 heterocycles. The van der Waals surface area contributed by atoms with Crippen LogP contribution in [0.5, 0.6) is 5.75 Å². The Kier molecular flexibility index (Phi) is 4.89. The van der Waals surface area contributed by atoms with E-state index in [9.17, 15) is 13.6 Å². The number of hydrogen-bond acceptors (Lipinski definition) is 7. The predicted molar refractivity (Wildman–Crippen MR) is 103 cm³/mol. The van der Waals surface area contributed by atoms with Crippen LogP contribution in [0.15, 0.2) is 36.2 Å². The van der Waals surface area contributed by atoms with Gasteiger partial charge in [-0.1, -0.05) is 0 Å². The molecule has 0 fully saturated rings. The first-order valence-corrected chi connectivity index (χ1v) is 9.28. The Morgan fingerprint density at radius 3 is 2.79 bits per heavy atom. The summed E-state index contributed by atoms with van der Waals surface area (Å²) in [6, 6.07) is 1.51. The number of aryl methyl sites for hydroxylation is 2. The topological polar surface area (TPSA) is 94.8 Å². The maximum Gasteiger partial charge on any atom is 0.432 e.